The molecule has 1 aromatic carbocycles. The summed E-state index contributed by atoms with van der Waals surface area (Å²) in [7, 11) is 0. The Morgan fingerprint density at radius 1 is 1.19 bits per heavy atom. The van der Waals surface area contributed by atoms with Crippen LogP contribution >= 0.6 is 0 Å². The Morgan fingerprint density at radius 2 is 1.89 bits per heavy atom. The number of amides is 2. The molecule has 0 bridgehead atoms. The zero-order chi connectivity index (χ0) is 19.2. The largest absolute Gasteiger partial charge is 0.493 e. The minimum atomic E-state index is -0.0911. The number of carbonyl (C=O) groups is 2. The summed E-state index contributed by atoms with van der Waals surface area (Å²) >= 11 is 0. The van der Waals surface area contributed by atoms with Crippen molar-refractivity contribution in [1.82, 2.24) is 10.2 Å². The van der Waals surface area contributed by atoms with Gasteiger partial charge >= 0.3 is 0 Å². The number of nitrogens with one attached hydrogen (secondary N) is 1. The number of nitrogens with zero attached hydrogens (tertiary/aromatic N) is 1. The highest BCUT2D eigenvalue weighted by Gasteiger charge is 2.25. The molecule has 0 spiro atoms. The van der Waals surface area contributed by atoms with E-state index in [0.29, 0.717) is 31.9 Å². The number of carbonyl (C=O) groups excluding carboxylic acids is 2. The molecule has 144 valence electrons. The van der Waals surface area contributed by atoms with Gasteiger partial charge in [-0.15, -0.1) is 0 Å². The van der Waals surface area contributed by atoms with Gasteiger partial charge in [-0.3, -0.25) is 9.59 Å². The first-order valence-corrected chi connectivity index (χ1v) is 9.34. The molecule has 1 saturated heterocycles. The summed E-state index contributed by atoms with van der Waals surface area (Å²) in [6.45, 7) is 5.63. The van der Waals surface area contributed by atoms with E-state index >= 15 is 0 Å². The van der Waals surface area contributed by atoms with Crippen LogP contribution in [0, 0.1) is 13.8 Å². The second-order valence-electron chi connectivity index (χ2n) is 7.03. The normalized spacial score (nSPS) is 14.8. The van der Waals surface area contributed by atoms with Gasteiger partial charge in [0.1, 0.15) is 5.75 Å². The molecule has 0 atom stereocenters. The van der Waals surface area contributed by atoms with Gasteiger partial charge in [-0.1, -0.05) is 6.07 Å². The molecule has 1 fully saturated rings. The smallest absolute Gasteiger partial charge is 0.289 e. The summed E-state index contributed by atoms with van der Waals surface area (Å²) in [5.41, 5.74) is 2.29. The van der Waals surface area contributed by atoms with Crippen LogP contribution in [0.3, 0.4) is 0 Å². The van der Waals surface area contributed by atoms with Crippen molar-refractivity contribution in [3.63, 3.8) is 0 Å². The first-order chi connectivity index (χ1) is 13.0. The topological polar surface area (TPSA) is 71.8 Å². The van der Waals surface area contributed by atoms with Crippen LogP contribution in [0.5, 0.6) is 5.75 Å². The molecule has 0 saturated carbocycles. The molecule has 0 unspecified atom stereocenters. The molecule has 1 aliphatic rings. The number of furan rings is 1. The summed E-state index contributed by atoms with van der Waals surface area (Å²) in [6, 6.07) is 9.50. The summed E-state index contributed by atoms with van der Waals surface area (Å²) in [6.07, 6.45) is 3.31. The van der Waals surface area contributed by atoms with Gasteiger partial charge in [0.15, 0.2) is 5.76 Å². The predicted octanol–water partition coefficient (Wildman–Crippen LogP) is 3.09. The van der Waals surface area contributed by atoms with Crippen molar-refractivity contribution in [3.8, 4) is 5.75 Å². The fourth-order valence-corrected chi connectivity index (χ4v) is 3.36. The molecule has 2 aromatic rings. The maximum atomic E-state index is 12.2. The zero-order valence-corrected chi connectivity index (χ0v) is 15.9. The third-order valence-corrected chi connectivity index (χ3v) is 4.67. The Balaban J connectivity index is 1.37. The summed E-state index contributed by atoms with van der Waals surface area (Å²) in [5, 5.41) is 3.04. The van der Waals surface area contributed by atoms with Crippen molar-refractivity contribution in [2.45, 2.75) is 39.2 Å². The van der Waals surface area contributed by atoms with Gasteiger partial charge in [0.05, 0.1) is 19.3 Å². The molecule has 6 nitrogen and oxygen atoms in total. The first kappa shape index (κ1) is 19.0. The lowest BCUT2D eigenvalue weighted by Gasteiger charge is -2.31. The van der Waals surface area contributed by atoms with Crippen LogP contribution in [0.25, 0.3) is 0 Å². The maximum Gasteiger partial charge on any atom is 0.289 e. The molecule has 2 heterocycles. The van der Waals surface area contributed by atoms with Crippen molar-refractivity contribution in [2.75, 3.05) is 19.7 Å². The van der Waals surface area contributed by atoms with Gasteiger partial charge in [-0.2, -0.15) is 0 Å². The highest BCUT2D eigenvalue weighted by molar-refractivity contribution is 5.91. The zero-order valence-electron chi connectivity index (χ0n) is 15.9. The summed E-state index contributed by atoms with van der Waals surface area (Å²) in [5.74, 6) is 1.05. The van der Waals surface area contributed by atoms with Crippen molar-refractivity contribution in [2.24, 2.45) is 0 Å². The van der Waals surface area contributed by atoms with Gasteiger partial charge in [-0.25, -0.2) is 0 Å². The van der Waals surface area contributed by atoms with E-state index in [1.807, 2.05) is 26.0 Å². The predicted molar refractivity (Wildman–Crippen MR) is 102 cm³/mol. The molecule has 27 heavy (non-hydrogen) atoms. The lowest BCUT2D eigenvalue weighted by molar-refractivity contribution is -0.122. The summed E-state index contributed by atoms with van der Waals surface area (Å²) < 4.78 is 10.9. The number of aryl methyl sites for hydroxylation is 2. The molecular formula is C21H26N2O4. The van der Waals surface area contributed by atoms with Gasteiger partial charge in [-0.05, 0) is 62.1 Å². The van der Waals surface area contributed by atoms with Crippen LogP contribution in [0.2, 0.25) is 0 Å². The van der Waals surface area contributed by atoms with E-state index in [1.165, 1.54) is 6.26 Å². The highest BCUT2D eigenvalue weighted by atomic mass is 16.5. The molecule has 6 heteroatoms. The van der Waals surface area contributed by atoms with Gasteiger partial charge < -0.3 is 19.4 Å². The number of piperidine rings is 1. The molecule has 1 N–H and O–H groups in total. The molecular weight excluding hydrogens is 344 g/mol. The quantitative estimate of drug-likeness (QED) is 0.848. The first-order valence-electron chi connectivity index (χ1n) is 9.34. The van der Waals surface area contributed by atoms with E-state index < -0.39 is 0 Å². The monoisotopic (exact) mass is 370 g/mol. The third-order valence-electron chi connectivity index (χ3n) is 4.67. The molecule has 0 radical (unpaired) electrons. The Kier molecular flexibility index (Phi) is 6.16. The SMILES string of the molecule is Cc1cc(C)cc(OCCC(=O)NC2CCN(C(=O)c3ccco3)CC2)c1. The average Bonchev–Trinajstić information content (AvgIpc) is 3.15. The molecule has 3 rings (SSSR count). The van der Waals surface area contributed by atoms with Crippen LogP contribution in [0.4, 0.5) is 0 Å². The standard InChI is InChI=1S/C21H26N2O4/c1-15-12-16(2)14-18(13-15)26-11-7-20(24)22-17-5-8-23(9-6-17)21(25)19-4-3-10-27-19/h3-4,10,12-14,17H,5-9,11H2,1-2H3,(H,22,24). The molecule has 1 aromatic heterocycles. The van der Waals surface area contributed by atoms with E-state index in [1.54, 1.807) is 17.0 Å². The number of rotatable bonds is 6. The maximum absolute atomic E-state index is 12.2. The number of ether oxygens (including phenoxy) is 1. The Labute approximate surface area is 159 Å². The number of likely N-dealkylation sites (tertiary alicyclic amines) is 1. The van der Waals surface area contributed by atoms with Crippen LogP contribution in [-0.4, -0.2) is 42.5 Å². The van der Waals surface area contributed by atoms with Crippen molar-refractivity contribution in [3.05, 3.63) is 53.5 Å². The molecule has 2 amide bonds. The van der Waals surface area contributed by atoms with Crippen molar-refractivity contribution < 1.29 is 18.7 Å². The molecule has 0 aliphatic carbocycles. The summed E-state index contributed by atoms with van der Waals surface area (Å²) in [4.78, 5) is 26.2. The average molecular weight is 370 g/mol. The lowest BCUT2D eigenvalue weighted by Crippen LogP contribution is -2.46. The van der Waals surface area contributed by atoms with E-state index in [-0.39, 0.29) is 17.9 Å². The minimum absolute atomic E-state index is 0.0183. The Bertz CT molecular complexity index is 757. The van der Waals surface area contributed by atoms with Gasteiger partial charge in [0.2, 0.25) is 5.91 Å². The van der Waals surface area contributed by atoms with E-state index in [2.05, 4.69) is 11.4 Å². The van der Waals surface area contributed by atoms with E-state index in [0.717, 1.165) is 29.7 Å². The van der Waals surface area contributed by atoms with E-state index in [4.69, 9.17) is 9.15 Å². The minimum Gasteiger partial charge on any atom is -0.493 e. The fraction of sp³-hybridized carbons (Fsp3) is 0.429. The van der Waals surface area contributed by atoms with Crippen molar-refractivity contribution in [1.29, 1.82) is 0 Å². The third kappa shape index (κ3) is 5.36. The van der Waals surface area contributed by atoms with Crippen molar-refractivity contribution >= 4 is 11.8 Å². The van der Waals surface area contributed by atoms with Crippen LogP contribution in [0.1, 0.15) is 40.9 Å². The van der Waals surface area contributed by atoms with Crippen LogP contribution < -0.4 is 10.1 Å². The van der Waals surface area contributed by atoms with Gasteiger partial charge in [0.25, 0.3) is 5.91 Å². The lowest BCUT2D eigenvalue weighted by atomic mass is 10.0. The highest BCUT2D eigenvalue weighted by Crippen LogP contribution is 2.17. The second kappa shape index (κ2) is 8.75. The van der Waals surface area contributed by atoms with Gasteiger partial charge in [0, 0.05) is 19.1 Å². The fourth-order valence-electron chi connectivity index (χ4n) is 3.36. The number of benzene rings is 1. The number of hydrogen-bond donors (Lipinski definition) is 1. The Hall–Kier alpha value is -2.76. The van der Waals surface area contributed by atoms with Crippen LogP contribution in [-0.2, 0) is 4.79 Å². The van der Waals surface area contributed by atoms with E-state index in [9.17, 15) is 9.59 Å². The van der Waals surface area contributed by atoms with Crippen LogP contribution in [0.15, 0.2) is 41.0 Å². The number of hydrogen-bond acceptors (Lipinski definition) is 4. The molecule has 1 aliphatic heterocycles. The Morgan fingerprint density at radius 3 is 2.52 bits per heavy atom. The second-order valence-corrected chi connectivity index (χ2v) is 7.03.